The first kappa shape index (κ1) is 15.1. The van der Waals surface area contributed by atoms with Crippen LogP contribution in [0.2, 0.25) is 0 Å². The molecule has 2 atom stereocenters. The highest BCUT2D eigenvalue weighted by molar-refractivity contribution is 7.90. The molecule has 1 aromatic carbocycles. The second-order valence-corrected chi connectivity index (χ2v) is 7.66. The van der Waals surface area contributed by atoms with Crippen LogP contribution in [0.25, 0.3) is 11.3 Å². The first-order valence-corrected chi connectivity index (χ1v) is 7.72. The van der Waals surface area contributed by atoms with E-state index in [1.807, 2.05) is 58.0 Å². The summed E-state index contributed by atoms with van der Waals surface area (Å²) in [6, 6.07) is 9.63. The molecule has 0 saturated carbocycles. The van der Waals surface area contributed by atoms with Crippen LogP contribution >= 0.6 is 0 Å². The van der Waals surface area contributed by atoms with Gasteiger partial charge in [0.15, 0.2) is 0 Å². The second-order valence-electron chi connectivity index (χ2n) is 5.66. The fraction of sp³-hybridized carbons (Fsp3) is 0.400. The van der Waals surface area contributed by atoms with Crippen LogP contribution in [0.4, 0.5) is 0 Å². The van der Waals surface area contributed by atoms with Gasteiger partial charge in [-0.15, -0.1) is 4.72 Å². The number of aromatic nitrogens is 1. The quantitative estimate of drug-likeness (QED) is 0.877. The molecule has 1 N–H and O–H groups in total. The number of hydrogen-bond acceptors (Lipinski definition) is 4. The van der Waals surface area contributed by atoms with Gasteiger partial charge in [0.1, 0.15) is 22.7 Å². The molecule has 1 aromatic heterocycles. The van der Waals surface area contributed by atoms with Crippen molar-refractivity contribution in [3.8, 4) is 11.3 Å². The van der Waals surface area contributed by atoms with Crippen molar-refractivity contribution >= 4 is 11.4 Å². The number of oxazole rings is 1. The lowest BCUT2D eigenvalue weighted by molar-refractivity contribution is 0.439. The molecular weight excluding hydrogens is 272 g/mol. The predicted octanol–water partition coefficient (Wildman–Crippen LogP) is 3.45. The van der Waals surface area contributed by atoms with Crippen molar-refractivity contribution in [3.05, 3.63) is 42.5 Å². The van der Waals surface area contributed by atoms with E-state index in [1.165, 1.54) is 0 Å². The van der Waals surface area contributed by atoms with Gasteiger partial charge in [-0.05, 0) is 27.7 Å². The molecule has 5 heteroatoms. The van der Waals surface area contributed by atoms with Crippen LogP contribution in [0, 0.1) is 0 Å². The van der Waals surface area contributed by atoms with Gasteiger partial charge in [-0.2, -0.15) is 0 Å². The number of nitrogens with zero attached hydrogens (tertiary/aromatic N) is 1. The summed E-state index contributed by atoms with van der Waals surface area (Å²) < 4.78 is 20.2. The molecule has 0 aliphatic rings. The molecule has 2 aromatic rings. The molecule has 20 heavy (non-hydrogen) atoms. The van der Waals surface area contributed by atoms with Crippen LogP contribution in [0.5, 0.6) is 0 Å². The van der Waals surface area contributed by atoms with E-state index in [-0.39, 0.29) is 10.8 Å². The van der Waals surface area contributed by atoms with E-state index >= 15 is 0 Å². The Morgan fingerprint density at radius 1 is 1.25 bits per heavy atom. The lowest BCUT2D eigenvalue weighted by Crippen LogP contribution is -2.40. The van der Waals surface area contributed by atoms with Crippen LogP contribution < -0.4 is 4.72 Å². The van der Waals surface area contributed by atoms with E-state index in [4.69, 9.17) is 4.42 Å². The summed E-state index contributed by atoms with van der Waals surface area (Å²) in [6.45, 7) is 7.67. The minimum absolute atomic E-state index is 0.201. The molecule has 0 radical (unpaired) electrons. The van der Waals surface area contributed by atoms with E-state index in [0.717, 1.165) is 11.3 Å². The average Bonchev–Trinajstić information content (AvgIpc) is 2.88. The van der Waals surface area contributed by atoms with Crippen LogP contribution in [-0.2, 0) is 11.4 Å². The summed E-state index contributed by atoms with van der Waals surface area (Å²) in [5.41, 5.74) is 1.79. The molecule has 108 valence electrons. The molecular formula is C15H20N2O2S. The third-order valence-electron chi connectivity index (χ3n) is 2.80. The Morgan fingerprint density at radius 2 is 1.90 bits per heavy atom. The van der Waals surface area contributed by atoms with Crippen LogP contribution in [0.1, 0.15) is 39.6 Å². The summed E-state index contributed by atoms with van der Waals surface area (Å²) in [5.74, 6) is 0.543. The van der Waals surface area contributed by atoms with Gasteiger partial charge in [0, 0.05) is 16.9 Å². The molecule has 4 nitrogen and oxygen atoms in total. The highest BCUT2D eigenvalue weighted by atomic mass is 32.2. The zero-order valence-corrected chi connectivity index (χ0v) is 13.0. The molecule has 0 aliphatic carbocycles. The molecule has 0 bridgehead atoms. The van der Waals surface area contributed by atoms with Gasteiger partial charge < -0.3 is 8.97 Å². The van der Waals surface area contributed by atoms with Gasteiger partial charge >= 0.3 is 0 Å². The van der Waals surface area contributed by atoms with Crippen molar-refractivity contribution in [2.45, 2.75) is 38.5 Å². The highest BCUT2D eigenvalue weighted by Crippen LogP contribution is 2.23. The summed E-state index contributed by atoms with van der Waals surface area (Å²) in [6.07, 6.45) is 1.63. The van der Waals surface area contributed by atoms with Gasteiger partial charge in [0.05, 0.1) is 0 Å². The monoisotopic (exact) mass is 292 g/mol. The number of benzene rings is 1. The SMILES string of the molecule is C[C@@H](N[S+]([O-])C(C)(C)C)c1nc(-c2ccccc2)co1. The number of rotatable bonds is 4. The molecule has 0 fully saturated rings. The van der Waals surface area contributed by atoms with Crippen LogP contribution in [0.15, 0.2) is 41.0 Å². The van der Waals surface area contributed by atoms with Gasteiger partial charge in [0.2, 0.25) is 5.89 Å². The lowest BCUT2D eigenvalue weighted by atomic mass is 10.2. The van der Waals surface area contributed by atoms with Crippen molar-refractivity contribution in [2.24, 2.45) is 0 Å². The highest BCUT2D eigenvalue weighted by Gasteiger charge is 2.29. The Bertz CT molecular complexity index is 549. The van der Waals surface area contributed by atoms with Crippen molar-refractivity contribution in [3.63, 3.8) is 0 Å². The second kappa shape index (κ2) is 5.99. The standard InChI is InChI=1S/C15H20N2O2S/c1-11(17-20(18)15(2,3)4)14-16-13(10-19-14)12-8-6-5-7-9-12/h5-11,17H,1-4H3/t11-,20?/m1/s1. The van der Waals surface area contributed by atoms with Gasteiger partial charge in [-0.25, -0.2) is 4.98 Å². The van der Waals surface area contributed by atoms with E-state index in [2.05, 4.69) is 9.71 Å². The molecule has 2 rings (SSSR count). The third kappa shape index (κ3) is 3.62. The van der Waals surface area contributed by atoms with E-state index < -0.39 is 11.4 Å². The zero-order chi connectivity index (χ0) is 14.8. The molecule has 0 saturated heterocycles. The largest absolute Gasteiger partial charge is 0.598 e. The fourth-order valence-electron chi connectivity index (χ4n) is 1.62. The maximum Gasteiger partial charge on any atom is 0.215 e. The summed E-state index contributed by atoms with van der Waals surface area (Å²) in [7, 11) is 0. The Kier molecular flexibility index (Phi) is 4.52. The van der Waals surface area contributed by atoms with Gasteiger partial charge in [-0.3, -0.25) is 0 Å². The van der Waals surface area contributed by atoms with E-state index in [0.29, 0.717) is 5.89 Å². The molecule has 0 aliphatic heterocycles. The maximum atomic E-state index is 12.1. The molecule has 0 spiro atoms. The Labute approximate surface area is 122 Å². The molecule has 0 amide bonds. The number of hydrogen-bond donors (Lipinski definition) is 1. The first-order chi connectivity index (χ1) is 9.38. The van der Waals surface area contributed by atoms with Crippen molar-refractivity contribution in [1.29, 1.82) is 0 Å². The zero-order valence-electron chi connectivity index (χ0n) is 12.2. The average molecular weight is 292 g/mol. The predicted molar refractivity (Wildman–Crippen MR) is 81.4 cm³/mol. The van der Waals surface area contributed by atoms with Crippen molar-refractivity contribution < 1.29 is 8.97 Å². The normalized spacial score (nSPS) is 15.1. The van der Waals surface area contributed by atoms with E-state index in [9.17, 15) is 4.55 Å². The van der Waals surface area contributed by atoms with Crippen LogP contribution in [-0.4, -0.2) is 14.3 Å². The summed E-state index contributed by atoms with van der Waals surface area (Å²) >= 11 is -1.15. The van der Waals surface area contributed by atoms with E-state index in [1.54, 1.807) is 6.26 Å². The Morgan fingerprint density at radius 3 is 2.50 bits per heavy atom. The fourth-order valence-corrected chi connectivity index (χ4v) is 2.39. The number of nitrogens with one attached hydrogen (secondary N) is 1. The summed E-state index contributed by atoms with van der Waals surface area (Å²) in [4.78, 5) is 4.45. The minimum atomic E-state index is -1.15. The van der Waals surface area contributed by atoms with Gasteiger partial charge in [-0.1, -0.05) is 30.3 Å². The lowest BCUT2D eigenvalue weighted by Gasteiger charge is -2.25. The third-order valence-corrected chi connectivity index (χ3v) is 4.48. The molecule has 1 heterocycles. The smallest absolute Gasteiger partial charge is 0.215 e. The topological polar surface area (TPSA) is 61.1 Å². The Hall–Kier alpha value is -1.30. The molecule has 1 unspecified atom stereocenters. The first-order valence-electron chi connectivity index (χ1n) is 6.57. The van der Waals surface area contributed by atoms with Gasteiger partial charge in [0.25, 0.3) is 0 Å². The van der Waals surface area contributed by atoms with Crippen molar-refractivity contribution in [2.75, 3.05) is 0 Å². The maximum absolute atomic E-state index is 12.1. The van der Waals surface area contributed by atoms with Crippen molar-refractivity contribution in [1.82, 2.24) is 9.71 Å². The Balaban J connectivity index is 2.09. The van der Waals surface area contributed by atoms with Crippen LogP contribution in [0.3, 0.4) is 0 Å². The minimum Gasteiger partial charge on any atom is -0.598 e. The summed E-state index contributed by atoms with van der Waals surface area (Å²) in [5, 5.41) is 0.